The lowest BCUT2D eigenvalue weighted by atomic mass is 9.82. The number of thioether (sulfide) groups is 1. The molecule has 2 fully saturated rings. The van der Waals surface area contributed by atoms with E-state index in [4.69, 9.17) is 0 Å². The van der Waals surface area contributed by atoms with Crippen molar-refractivity contribution in [2.24, 2.45) is 5.92 Å². The molecule has 2 saturated heterocycles. The van der Waals surface area contributed by atoms with E-state index >= 15 is 0 Å². The summed E-state index contributed by atoms with van der Waals surface area (Å²) in [4.78, 5) is 29.4. The van der Waals surface area contributed by atoms with Crippen LogP contribution in [0.1, 0.15) is 36.8 Å². The van der Waals surface area contributed by atoms with Crippen LogP contribution in [0.3, 0.4) is 0 Å². The van der Waals surface area contributed by atoms with E-state index in [0.717, 1.165) is 32.1 Å². The van der Waals surface area contributed by atoms with Crippen LogP contribution >= 0.6 is 11.8 Å². The fraction of sp³-hybridized carbons (Fsp3) is 0.571. The highest BCUT2D eigenvalue weighted by atomic mass is 32.2. The molecule has 3 aliphatic rings. The lowest BCUT2D eigenvalue weighted by Crippen LogP contribution is -2.49. The molecule has 4 rings (SSSR count). The standard InChI is InChI=1S/C21H25N3O2S/c22-12-18-13-27-14-24(18)21(26)19-6-3-9-23(19)20(25)11-15-7-8-16-4-1-2-5-17(16)10-15/h1-2,4-5,15,18-19H,3,6-11,13-14H2/t15-,18+,19-/m0/s1. The summed E-state index contributed by atoms with van der Waals surface area (Å²) in [5.74, 6) is 1.67. The number of amides is 2. The Morgan fingerprint density at radius 1 is 1.19 bits per heavy atom. The number of hydrogen-bond acceptors (Lipinski definition) is 4. The van der Waals surface area contributed by atoms with Crippen molar-refractivity contribution in [3.63, 3.8) is 0 Å². The van der Waals surface area contributed by atoms with Gasteiger partial charge < -0.3 is 9.80 Å². The molecule has 0 unspecified atom stereocenters. The molecule has 0 aromatic heterocycles. The molecule has 6 heteroatoms. The summed E-state index contributed by atoms with van der Waals surface area (Å²) in [6, 6.07) is 9.99. The third kappa shape index (κ3) is 3.70. The monoisotopic (exact) mass is 383 g/mol. The van der Waals surface area contributed by atoms with E-state index in [-0.39, 0.29) is 23.9 Å². The summed E-state index contributed by atoms with van der Waals surface area (Å²) in [5, 5.41) is 9.26. The van der Waals surface area contributed by atoms with Gasteiger partial charge in [-0.1, -0.05) is 24.3 Å². The predicted molar refractivity (Wildman–Crippen MR) is 105 cm³/mol. The Labute approximate surface area is 164 Å². The molecule has 142 valence electrons. The van der Waals surface area contributed by atoms with Gasteiger partial charge in [0.25, 0.3) is 0 Å². The second-order valence-corrected chi connectivity index (χ2v) is 8.78. The van der Waals surface area contributed by atoms with Gasteiger partial charge in [-0.2, -0.15) is 5.26 Å². The van der Waals surface area contributed by atoms with E-state index < -0.39 is 0 Å². The zero-order valence-electron chi connectivity index (χ0n) is 15.5. The second kappa shape index (κ2) is 7.93. The molecular formula is C21H25N3O2S. The molecule has 0 N–H and O–H groups in total. The Bertz CT molecular complexity index is 775. The van der Waals surface area contributed by atoms with Crippen LogP contribution in [-0.4, -0.2) is 51.9 Å². The second-order valence-electron chi connectivity index (χ2n) is 7.78. The Morgan fingerprint density at radius 3 is 2.81 bits per heavy atom. The first-order chi connectivity index (χ1) is 13.2. The smallest absolute Gasteiger partial charge is 0.247 e. The van der Waals surface area contributed by atoms with Crippen molar-refractivity contribution in [3.8, 4) is 6.07 Å². The first kappa shape index (κ1) is 18.4. The average Bonchev–Trinajstić information content (AvgIpc) is 3.36. The topological polar surface area (TPSA) is 64.4 Å². The van der Waals surface area contributed by atoms with E-state index in [1.807, 2.05) is 0 Å². The molecule has 5 nitrogen and oxygen atoms in total. The van der Waals surface area contributed by atoms with Crippen molar-refractivity contribution < 1.29 is 9.59 Å². The number of aryl methyl sites for hydroxylation is 1. The maximum atomic E-state index is 13.0. The van der Waals surface area contributed by atoms with Crippen LogP contribution in [-0.2, 0) is 22.4 Å². The van der Waals surface area contributed by atoms with E-state index in [1.165, 1.54) is 11.1 Å². The van der Waals surface area contributed by atoms with Crippen molar-refractivity contribution in [2.75, 3.05) is 18.2 Å². The number of nitriles is 1. The predicted octanol–water partition coefficient (Wildman–Crippen LogP) is 2.60. The number of carbonyl (C=O) groups is 2. The molecule has 0 radical (unpaired) electrons. The SMILES string of the molecule is N#C[C@@H]1CSCN1C(=O)[C@@H]1CCCN1C(=O)C[C@H]1CCc2ccccc2C1. The van der Waals surface area contributed by atoms with Crippen LogP contribution in [0, 0.1) is 17.2 Å². The molecule has 0 bridgehead atoms. The van der Waals surface area contributed by atoms with Gasteiger partial charge in [-0.25, -0.2) is 0 Å². The fourth-order valence-electron chi connectivity index (χ4n) is 4.59. The molecule has 0 saturated carbocycles. The first-order valence-corrected chi connectivity index (χ1v) is 11.0. The number of benzene rings is 1. The number of likely N-dealkylation sites (tertiary alicyclic amines) is 1. The summed E-state index contributed by atoms with van der Waals surface area (Å²) in [6.07, 6.45) is 5.13. The normalized spacial score (nSPS) is 27.3. The van der Waals surface area contributed by atoms with Crippen LogP contribution in [0.4, 0.5) is 0 Å². The lowest BCUT2D eigenvalue weighted by molar-refractivity contribution is -0.144. The van der Waals surface area contributed by atoms with Crippen molar-refractivity contribution >= 4 is 23.6 Å². The van der Waals surface area contributed by atoms with E-state index in [9.17, 15) is 14.9 Å². The summed E-state index contributed by atoms with van der Waals surface area (Å²) in [7, 11) is 0. The van der Waals surface area contributed by atoms with Crippen molar-refractivity contribution in [3.05, 3.63) is 35.4 Å². The maximum absolute atomic E-state index is 13.0. The molecule has 2 aliphatic heterocycles. The fourth-order valence-corrected chi connectivity index (χ4v) is 5.68. The van der Waals surface area contributed by atoms with Gasteiger partial charge in [0, 0.05) is 18.7 Å². The van der Waals surface area contributed by atoms with E-state index in [1.54, 1.807) is 21.6 Å². The van der Waals surface area contributed by atoms with E-state index in [2.05, 4.69) is 30.3 Å². The molecule has 1 aliphatic carbocycles. The molecule has 2 amide bonds. The quantitative estimate of drug-likeness (QED) is 0.805. The highest BCUT2D eigenvalue weighted by Gasteiger charge is 2.40. The van der Waals surface area contributed by atoms with Gasteiger partial charge in [0.1, 0.15) is 12.1 Å². The van der Waals surface area contributed by atoms with Gasteiger partial charge in [0.15, 0.2) is 0 Å². The van der Waals surface area contributed by atoms with Crippen LogP contribution < -0.4 is 0 Å². The first-order valence-electron chi connectivity index (χ1n) is 9.81. The molecule has 27 heavy (non-hydrogen) atoms. The zero-order valence-corrected chi connectivity index (χ0v) is 16.3. The minimum Gasteiger partial charge on any atom is -0.331 e. The molecule has 2 heterocycles. The number of rotatable bonds is 3. The van der Waals surface area contributed by atoms with Crippen LogP contribution in [0.5, 0.6) is 0 Å². The van der Waals surface area contributed by atoms with Gasteiger partial charge in [0.05, 0.1) is 11.9 Å². The molecular weight excluding hydrogens is 358 g/mol. The van der Waals surface area contributed by atoms with Crippen LogP contribution in [0.15, 0.2) is 24.3 Å². The van der Waals surface area contributed by atoms with Crippen molar-refractivity contribution in [1.29, 1.82) is 5.26 Å². The van der Waals surface area contributed by atoms with Gasteiger partial charge in [-0.05, 0) is 49.1 Å². The zero-order chi connectivity index (χ0) is 18.8. The number of hydrogen-bond donors (Lipinski definition) is 0. The molecule has 0 spiro atoms. The average molecular weight is 384 g/mol. The number of nitrogens with zero attached hydrogens (tertiary/aromatic N) is 3. The van der Waals surface area contributed by atoms with Crippen LogP contribution in [0.2, 0.25) is 0 Å². The van der Waals surface area contributed by atoms with Gasteiger partial charge in [-0.15, -0.1) is 11.8 Å². The van der Waals surface area contributed by atoms with Crippen LogP contribution in [0.25, 0.3) is 0 Å². The Balaban J connectivity index is 1.40. The largest absolute Gasteiger partial charge is 0.331 e. The molecule has 1 aromatic carbocycles. The number of fused-ring (bicyclic) bond motifs is 1. The van der Waals surface area contributed by atoms with Gasteiger partial charge >= 0.3 is 0 Å². The minimum atomic E-state index is -0.372. The Hall–Kier alpha value is -2.00. The van der Waals surface area contributed by atoms with Crippen molar-refractivity contribution in [2.45, 2.75) is 50.6 Å². The van der Waals surface area contributed by atoms with Crippen molar-refractivity contribution in [1.82, 2.24) is 9.80 Å². The lowest BCUT2D eigenvalue weighted by Gasteiger charge is -2.31. The van der Waals surface area contributed by atoms with Gasteiger partial charge in [-0.3, -0.25) is 9.59 Å². The summed E-state index contributed by atoms with van der Waals surface area (Å²) in [6.45, 7) is 0.663. The summed E-state index contributed by atoms with van der Waals surface area (Å²) in [5.41, 5.74) is 2.77. The molecule has 1 aromatic rings. The van der Waals surface area contributed by atoms with E-state index in [0.29, 0.717) is 30.5 Å². The highest BCUT2D eigenvalue weighted by molar-refractivity contribution is 7.99. The highest BCUT2D eigenvalue weighted by Crippen LogP contribution is 2.30. The summed E-state index contributed by atoms with van der Waals surface area (Å²) >= 11 is 1.61. The number of carbonyl (C=O) groups excluding carboxylic acids is 2. The summed E-state index contributed by atoms with van der Waals surface area (Å²) < 4.78 is 0. The molecule has 3 atom stereocenters. The Kier molecular flexibility index (Phi) is 5.40. The maximum Gasteiger partial charge on any atom is 0.247 e. The third-order valence-electron chi connectivity index (χ3n) is 6.08. The third-order valence-corrected chi connectivity index (χ3v) is 7.10. The Morgan fingerprint density at radius 2 is 2.00 bits per heavy atom. The van der Waals surface area contributed by atoms with Gasteiger partial charge in [0.2, 0.25) is 11.8 Å². The minimum absolute atomic E-state index is 0.0358.